The molecular weight excluding hydrogens is 356 g/mol. The monoisotopic (exact) mass is 387 g/mol. The molecule has 1 aromatic carbocycles. The van der Waals surface area contributed by atoms with Gasteiger partial charge in [0, 0.05) is 12.7 Å². The number of nitrogens with zero attached hydrogens (tertiary/aromatic N) is 1. The van der Waals surface area contributed by atoms with Crippen molar-refractivity contribution < 1.29 is 13.5 Å². The molecule has 28 heavy (non-hydrogen) atoms. The van der Waals surface area contributed by atoms with E-state index in [9.17, 15) is 8.78 Å². The molecule has 0 heterocycles. The third-order valence-corrected chi connectivity index (χ3v) is 6.56. The first kappa shape index (κ1) is 21.0. The lowest BCUT2D eigenvalue weighted by atomic mass is 9.80. The normalized spacial score (nSPS) is 28.3. The van der Waals surface area contributed by atoms with Crippen LogP contribution < -0.4 is 0 Å². The van der Waals surface area contributed by atoms with Gasteiger partial charge in [-0.3, -0.25) is 0 Å². The third kappa shape index (κ3) is 6.14. The molecule has 0 unspecified atom stereocenters. The summed E-state index contributed by atoms with van der Waals surface area (Å²) < 4.78 is 32.8. The van der Waals surface area contributed by atoms with Crippen LogP contribution in [0.5, 0.6) is 0 Å². The lowest BCUT2D eigenvalue weighted by Crippen LogP contribution is -2.25. The lowest BCUT2D eigenvalue weighted by Gasteiger charge is -2.32. The second-order valence-corrected chi connectivity index (χ2v) is 8.48. The smallest absolute Gasteiger partial charge is 0.159 e. The summed E-state index contributed by atoms with van der Waals surface area (Å²) in [5.41, 5.74) is 0.917. The van der Waals surface area contributed by atoms with Crippen molar-refractivity contribution in [2.24, 2.45) is 11.8 Å². The molecule has 2 aliphatic carbocycles. The van der Waals surface area contributed by atoms with Crippen LogP contribution >= 0.6 is 0 Å². The van der Waals surface area contributed by atoms with Gasteiger partial charge in [0.1, 0.15) is 0 Å². The highest BCUT2D eigenvalue weighted by Crippen LogP contribution is 2.36. The van der Waals surface area contributed by atoms with Crippen LogP contribution in [0.4, 0.5) is 8.78 Å². The molecule has 2 aliphatic rings. The van der Waals surface area contributed by atoms with Gasteiger partial charge >= 0.3 is 0 Å². The Morgan fingerprint density at radius 1 is 0.964 bits per heavy atom. The Morgan fingerprint density at radius 3 is 2.36 bits per heavy atom. The van der Waals surface area contributed by atoms with E-state index in [0.29, 0.717) is 17.9 Å². The fraction of sp³-hybridized carbons (Fsp3) is 0.625. The molecular formula is C24H31F2NO. The van der Waals surface area contributed by atoms with Gasteiger partial charge in [0.25, 0.3) is 0 Å². The van der Waals surface area contributed by atoms with Crippen molar-refractivity contribution in [3.05, 3.63) is 47.5 Å². The molecule has 152 valence electrons. The van der Waals surface area contributed by atoms with Crippen molar-refractivity contribution in [3.63, 3.8) is 0 Å². The van der Waals surface area contributed by atoms with Gasteiger partial charge in [-0.25, -0.2) is 8.78 Å². The van der Waals surface area contributed by atoms with Gasteiger partial charge in [0.05, 0.1) is 12.2 Å². The first-order chi connectivity index (χ1) is 13.7. The van der Waals surface area contributed by atoms with Crippen LogP contribution in [-0.2, 0) is 4.74 Å². The van der Waals surface area contributed by atoms with Crippen LogP contribution in [0, 0.1) is 34.8 Å². The molecule has 3 rings (SSSR count). The number of halogens is 2. The second kappa shape index (κ2) is 10.7. The van der Waals surface area contributed by atoms with Crippen LogP contribution in [-0.4, -0.2) is 12.7 Å². The van der Waals surface area contributed by atoms with E-state index in [1.807, 2.05) is 12.1 Å². The van der Waals surface area contributed by atoms with E-state index in [0.717, 1.165) is 50.2 Å². The van der Waals surface area contributed by atoms with Crippen molar-refractivity contribution in [1.29, 1.82) is 5.26 Å². The zero-order valence-corrected chi connectivity index (χ0v) is 16.6. The number of allylic oxidation sites excluding steroid dienone is 2. The molecule has 0 aromatic heterocycles. The summed E-state index contributed by atoms with van der Waals surface area (Å²) in [6.45, 7) is 0.863. The van der Waals surface area contributed by atoms with Crippen molar-refractivity contribution in [3.8, 4) is 6.07 Å². The summed E-state index contributed by atoms with van der Waals surface area (Å²) in [6.07, 6.45) is 15.1. The minimum Gasteiger partial charge on any atom is -0.378 e. The van der Waals surface area contributed by atoms with Gasteiger partial charge in [-0.1, -0.05) is 25.0 Å². The predicted octanol–water partition coefficient (Wildman–Crippen LogP) is 6.67. The molecule has 2 fully saturated rings. The van der Waals surface area contributed by atoms with E-state index in [-0.39, 0.29) is 0 Å². The third-order valence-electron chi connectivity index (χ3n) is 6.56. The summed E-state index contributed by atoms with van der Waals surface area (Å²) in [5, 5.41) is 8.52. The van der Waals surface area contributed by atoms with E-state index in [1.54, 1.807) is 12.1 Å². The average Bonchev–Trinajstić information content (AvgIpc) is 2.73. The SMILES string of the molecule is N#C/C=C/CCC1CCC(COC2CCC(c3ccc(F)c(F)c3)CC2)CC1. The van der Waals surface area contributed by atoms with Gasteiger partial charge in [-0.15, -0.1) is 0 Å². The number of hydrogen-bond donors (Lipinski definition) is 0. The molecule has 2 saturated carbocycles. The van der Waals surface area contributed by atoms with Crippen molar-refractivity contribution in [2.45, 2.75) is 76.2 Å². The standard InChI is InChI=1S/C24H31F2NO/c25-23-14-11-21(16-24(23)26)20-9-12-22(13-10-20)28-17-19-7-5-18(6-8-19)4-2-1-3-15-27/h1,3,11,14,16,18-20,22H,2,4-10,12-13,17H2/b3-1+. The van der Waals surface area contributed by atoms with E-state index >= 15 is 0 Å². The van der Waals surface area contributed by atoms with Crippen LogP contribution in [0.25, 0.3) is 0 Å². The Morgan fingerprint density at radius 2 is 1.68 bits per heavy atom. The van der Waals surface area contributed by atoms with Gasteiger partial charge < -0.3 is 4.74 Å². The lowest BCUT2D eigenvalue weighted by molar-refractivity contribution is -0.00476. The Kier molecular flexibility index (Phi) is 8.03. The molecule has 2 nitrogen and oxygen atoms in total. The van der Waals surface area contributed by atoms with Crippen molar-refractivity contribution in [1.82, 2.24) is 0 Å². The van der Waals surface area contributed by atoms with Crippen LogP contribution in [0.1, 0.15) is 75.7 Å². The van der Waals surface area contributed by atoms with Gasteiger partial charge in [0.2, 0.25) is 0 Å². The molecule has 0 spiro atoms. The largest absolute Gasteiger partial charge is 0.378 e. The zero-order chi connectivity index (χ0) is 19.8. The van der Waals surface area contributed by atoms with E-state index in [1.165, 1.54) is 44.2 Å². The first-order valence-corrected chi connectivity index (χ1v) is 10.8. The summed E-state index contributed by atoms with van der Waals surface area (Å²) in [5.74, 6) is 0.281. The van der Waals surface area contributed by atoms with Gasteiger partial charge in [-0.2, -0.15) is 5.26 Å². The molecule has 0 saturated heterocycles. The predicted molar refractivity (Wildman–Crippen MR) is 107 cm³/mol. The molecule has 0 aliphatic heterocycles. The molecule has 1 aromatic rings. The number of rotatable bonds is 7. The highest BCUT2D eigenvalue weighted by molar-refractivity contribution is 5.22. The molecule has 0 amide bonds. The van der Waals surface area contributed by atoms with Crippen LogP contribution in [0.15, 0.2) is 30.4 Å². The highest BCUT2D eigenvalue weighted by atomic mass is 19.2. The molecule has 0 N–H and O–H groups in total. The Balaban J connectivity index is 1.32. The molecule has 0 atom stereocenters. The Hall–Kier alpha value is -1.73. The second-order valence-electron chi connectivity index (χ2n) is 8.48. The fourth-order valence-corrected chi connectivity index (χ4v) is 4.76. The summed E-state index contributed by atoms with van der Waals surface area (Å²) in [6, 6.07) is 6.37. The Bertz CT molecular complexity index is 680. The molecule has 0 bridgehead atoms. The van der Waals surface area contributed by atoms with Gasteiger partial charge in [0.15, 0.2) is 11.6 Å². The summed E-state index contributed by atoms with van der Waals surface area (Å²) in [4.78, 5) is 0. The minimum absolute atomic E-state index is 0.315. The van der Waals surface area contributed by atoms with Crippen LogP contribution in [0.3, 0.4) is 0 Å². The molecule has 4 heteroatoms. The zero-order valence-electron chi connectivity index (χ0n) is 16.6. The fourth-order valence-electron chi connectivity index (χ4n) is 4.76. The highest BCUT2D eigenvalue weighted by Gasteiger charge is 2.26. The van der Waals surface area contributed by atoms with Crippen LogP contribution in [0.2, 0.25) is 0 Å². The van der Waals surface area contributed by atoms with E-state index < -0.39 is 11.6 Å². The number of ether oxygens (including phenoxy) is 1. The minimum atomic E-state index is -0.769. The maximum absolute atomic E-state index is 13.5. The van der Waals surface area contributed by atoms with Crippen molar-refractivity contribution >= 4 is 0 Å². The van der Waals surface area contributed by atoms with E-state index in [2.05, 4.69) is 0 Å². The average molecular weight is 388 g/mol. The maximum atomic E-state index is 13.5. The topological polar surface area (TPSA) is 33.0 Å². The first-order valence-electron chi connectivity index (χ1n) is 10.8. The van der Waals surface area contributed by atoms with Crippen molar-refractivity contribution in [2.75, 3.05) is 6.61 Å². The molecule has 0 radical (unpaired) electrons. The quantitative estimate of drug-likeness (QED) is 0.489. The summed E-state index contributed by atoms with van der Waals surface area (Å²) in [7, 11) is 0. The Labute approximate surface area is 167 Å². The van der Waals surface area contributed by atoms with E-state index in [4.69, 9.17) is 10.00 Å². The number of benzene rings is 1. The maximum Gasteiger partial charge on any atom is 0.159 e. The van der Waals surface area contributed by atoms with Gasteiger partial charge in [-0.05, 0) is 86.8 Å². The number of nitriles is 1. The summed E-state index contributed by atoms with van der Waals surface area (Å²) >= 11 is 0. The number of hydrogen-bond acceptors (Lipinski definition) is 2.